The largest absolute Gasteiger partial charge is 1.00 e. The average molecular weight is 266 g/mol. The van der Waals surface area contributed by atoms with Crippen molar-refractivity contribution in [3.63, 3.8) is 0 Å². The van der Waals surface area contributed by atoms with E-state index >= 15 is 0 Å². The molecule has 7 nitrogen and oxygen atoms in total. The zero-order chi connectivity index (χ0) is 12.7. The van der Waals surface area contributed by atoms with Gasteiger partial charge < -0.3 is 30.1 Å². The molecule has 0 fully saturated rings. The van der Waals surface area contributed by atoms with Crippen molar-refractivity contribution in [2.24, 2.45) is 0 Å². The molecule has 0 saturated heterocycles. The molecule has 0 aliphatic rings. The molecule has 1 rings (SSSR count). The molecule has 0 radical (unpaired) electrons. The van der Waals surface area contributed by atoms with Crippen LogP contribution in [-0.4, -0.2) is 39.4 Å². The molecule has 0 bridgehead atoms. The predicted molar refractivity (Wildman–Crippen MR) is 50.1 cm³/mol. The topological polar surface area (TPSA) is 138 Å². The van der Waals surface area contributed by atoms with Gasteiger partial charge in [-0.05, 0) is 6.07 Å². The summed E-state index contributed by atoms with van der Waals surface area (Å²) in [4.78, 5) is 20.8. The fourth-order valence-corrected chi connectivity index (χ4v) is 0.848. The molecule has 0 aromatic heterocycles. The summed E-state index contributed by atoms with van der Waals surface area (Å²) in [6.45, 7) is 0. The summed E-state index contributed by atoms with van der Waals surface area (Å²) in [6, 6.07) is 5.31. The second kappa shape index (κ2) is 9.74. The number of carboxylic acids is 2. The van der Waals surface area contributed by atoms with Gasteiger partial charge in [0.1, 0.15) is 0 Å². The molecule has 0 unspecified atom stereocenters. The quantitative estimate of drug-likeness (QED) is 0.392. The Hall–Kier alpha value is -0.259. The van der Waals surface area contributed by atoms with Gasteiger partial charge in [0.2, 0.25) is 0 Å². The molecule has 4 N–H and O–H groups in total. The molecule has 1 aromatic rings. The van der Waals surface area contributed by atoms with Crippen LogP contribution < -0.4 is 56.5 Å². The van der Waals surface area contributed by atoms with Crippen molar-refractivity contribution in [1.82, 2.24) is 0 Å². The Bertz CT molecular complexity index is 346. The minimum atomic E-state index is -2.17. The first-order valence-corrected chi connectivity index (χ1v) is 3.94. The maximum atomic E-state index is 10.4. The van der Waals surface area contributed by atoms with Crippen LogP contribution in [0.5, 0.6) is 0 Å². The van der Waals surface area contributed by atoms with E-state index < -0.39 is 19.3 Å². The van der Waals surface area contributed by atoms with E-state index in [0.717, 1.165) is 0 Å². The van der Waals surface area contributed by atoms with Crippen LogP contribution >= 0.6 is 0 Å². The number of aromatic carboxylic acids is 2. The molecule has 1 aromatic carbocycles. The number of carbonyl (C=O) groups excluding carboxylic acids is 1. The van der Waals surface area contributed by atoms with Gasteiger partial charge in [-0.15, -0.1) is 0 Å². The molecule has 0 amide bonds. The Kier molecular flexibility index (Phi) is 10.9. The Morgan fingerprint density at radius 3 is 1.65 bits per heavy atom. The van der Waals surface area contributed by atoms with Crippen molar-refractivity contribution in [2.45, 2.75) is 0 Å². The maximum absolute atomic E-state index is 10.4. The summed E-state index contributed by atoms with van der Waals surface area (Å²) < 4.78 is 0. The Labute approximate surface area is 139 Å². The number of carbonyl (C=O) groups is 2. The van der Waals surface area contributed by atoms with E-state index in [-0.39, 0.29) is 62.5 Å². The van der Waals surface area contributed by atoms with E-state index in [1.807, 2.05) is 0 Å². The predicted octanol–water partition coefficient (Wildman–Crippen LogP) is -5.30. The summed E-state index contributed by atoms with van der Waals surface area (Å²) >= 11 is 0. The zero-order valence-corrected chi connectivity index (χ0v) is 12.0. The molecule has 17 heavy (non-hydrogen) atoms. The summed E-state index contributed by atoms with van der Waals surface area (Å²) in [7, 11) is -2.17. The van der Waals surface area contributed by atoms with Crippen LogP contribution in [0.15, 0.2) is 24.3 Å². The van der Waals surface area contributed by atoms with Crippen LogP contribution in [0.1, 0.15) is 20.7 Å². The molecule has 0 saturated carbocycles. The molecule has 86 valence electrons. The molecule has 0 aliphatic carbocycles. The third-order valence-electron chi connectivity index (χ3n) is 1.38. The SMILES string of the molecule is O=C([O-])c1ccccc1C(=O)O.OB(O)O.[K+]. The molecular formula is C8H8BKO7. The number of hydrogen-bond donors (Lipinski definition) is 4. The number of benzene rings is 1. The van der Waals surface area contributed by atoms with Crippen LogP contribution in [0.25, 0.3) is 0 Å². The number of hydrogen-bond acceptors (Lipinski definition) is 6. The van der Waals surface area contributed by atoms with Crippen LogP contribution in [0, 0.1) is 0 Å². The van der Waals surface area contributed by atoms with Gasteiger partial charge in [0.05, 0.1) is 11.5 Å². The van der Waals surface area contributed by atoms with E-state index in [4.69, 9.17) is 20.2 Å². The van der Waals surface area contributed by atoms with Gasteiger partial charge in [-0.25, -0.2) is 4.79 Å². The standard InChI is InChI=1S/C8H6O4.BH3O3.K/c9-7(10)5-3-1-2-4-6(5)8(11)12;2-1(3)4;/h1-4H,(H,9,10)(H,11,12);2-4H;/q;;+1/p-1. The van der Waals surface area contributed by atoms with Crippen molar-refractivity contribution in [2.75, 3.05) is 0 Å². The second-order valence-electron chi connectivity index (χ2n) is 2.48. The van der Waals surface area contributed by atoms with Crippen LogP contribution in [-0.2, 0) is 0 Å². The van der Waals surface area contributed by atoms with E-state index in [2.05, 4.69) is 0 Å². The van der Waals surface area contributed by atoms with E-state index in [1.54, 1.807) is 0 Å². The minimum Gasteiger partial charge on any atom is -0.545 e. The first-order chi connectivity index (χ1) is 7.36. The van der Waals surface area contributed by atoms with Gasteiger partial charge in [-0.3, -0.25) is 0 Å². The number of carboxylic acid groups (broad SMARTS) is 2. The van der Waals surface area contributed by atoms with E-state index in [9.17, 15) is 14.7 Å². The first-order valence-electron chi connectivity index (χ1n) is 3.94. The smallest absolute Gasteiger partial charge is 0.545 e. The van der Waals surface area contributed by atoms with Crippen molar-refractivity contribution < 1.29 is 86.3 Å². The third-order valence-corrected chi connectivity index (χ3v) is 1.38. The van der Waals surface area contributed by atoms with Crippen LogP contribution in [0.3, 0.4) is 0 Å². The second-order valence-corrected chi connectivity index (χ2v) is 2.48. The van der Waals surface area contributed by atoms with Crippen molar-refractivity contribution in [1.29, 1.82) is 0 Å². The van der Waals surface area contributed by atoms with Crippen molar-refractivity contribution in [3.8, 4) is 0 Å². The summed E-state index contributed by atoms with van der Waals surface area (Å²) in [5.41, 5.74) is -0.553. The average Bonchev–Trinajstić information content (AvgIpc) is 2.16. The Morgan fingerprint density at radius 2 is 1.41 bits per heavy atom. The van der Waals surface area contributed by atoms with Crippen molar-refractivity contribution >= 4 is 19.3 Å². The zero-order valence-electron chi connectivity index (χ0n) is 8.90. The monoisotopic (exact) mass is 266 g/mol. The van der Waals surface area contributed by atoms with E-state index in [1.165, 1.54) is 24.3 Å². The summed E-state index contributed by atoms with van der Waals surface area (Å²) in [5.74, 6) is -2.75. The number of rotatable bonds is 2. The molecule has 0 heterocycles. The normalized spacial score (nSPS) is 8.18. The van der Waals surface area contributed by atoms with E-state index in [0.29, 0.717) is 0 Å². The van der Waals surface area contributed by atoms with Gasteiger partial charge in [-0.1, -0.05) is 18.2 Å². The van der Waals surface area contributed by atoms with Gasteiger partial charge in [-0.2, -0.15) is 0 Å². The molecule has 0 atom stereocenters. The van der Waals surface area contributed by atoms with Gasteiger partial charge in [0, 0.05) is 5.56 Å². The van der Waals surface area contributed by atoms with Crippen LogP contribution in [0.4, 0.5) is 0 Å². The fraction of sp³-hybridized carbons (Fsp3) is 0. The Balaban J connectivity index is 0. The molecule has 0 aliphatic heterocycles. The summed E-state index contributed by atoms with van der Waals surface area (Å²) in [5, 5.41) is 40.4. The molecule has 9 heteroatoms. The van der Waals surface area contributed by atoms with Crippen molar-refractivity contribution in [3.05, 3.63) is 35.4 Å². The molecule has 0 spiro atoms. The van der Waals surface area contributed by atoms with Gasteiger partial charge in [0.15, 0.2) is 0 Å². The van der Waals surface area contributed by atoms with Gasteiger partial charge in [0.25, 0.3) is 0 Å². The van der Waals surface area contributed by atoms with Crippen LogP contribution in [0.2, 0.25) is 0 Å². The van der Waals surface area contributed by atoms with Gasteiger partial charge >= 0.3 is 64.7 Å². The molecular weight excluding hydrogens is 258 g/mol. The fourth-order valence-electron chi connectivity index (χ4n) is 0.848. The maximum Gasteiger partial charge on any atom is 1.00 e. The third kappa shape index (κ3) is 8.46. The minimum absolute atomic E-state index is 0. The Morgan fingerprint density at radius 1 is 1.06 bits per heavy atom. The summed E-state index contributed by atoms with van der Waals surface area (Å²) in [6.07, 6.45) is 0. The first kappa shape index (κ1) is 19.1.